The Morgan fingerprint density at radius 1 is 1.17 bits per heavy atom. The van der Waals surface area contributed by atoms with E-state index < -0.39 is 17.9 Å². The lowest BCUT2D eigenvalue weighted by molar-refractivity contribution is -0.145. The van der Waals surface area contributed by atoms with Gasteiger partial charge in [0.25, 0.3) is 0 Å². The summed E-state index contributed by atoms with van der Waals surface area (Å²) in [4.78, 5) is 23.7. The van der Waals surface area contributed by atoms with Crippen LogP contribution in [0.4, 0.5) is 0 Å². The van der Waals surface area contributed by atoms with Crippen LogP contribution in [0.15, 0.2) is 18.2 Å². The molecule has 0 bridgehead atoms. The van der Waals surface area contributed by atoms with Gasteiger partial charge in [-0.25, -0.2) is 4.79 Å². The standard InChI is InChI=1S/C15H19Cl2NO5/c1-21-6-7-23-9-14(19)18-13(15(20)22-2)8-10-11(16)4-3-5-12(10)17/h3-5,13H,6-9H2,1-2H3,(H,18,19)/t13-/m0/s1. The molecule has 1 N–H and O–H groups in total. The number of carbonyl (C=O) groups is 2. The summed E-state index contributed by atoms with van der Waals surface area (Å²) >= 11 is 12.2. The molecule has 0 aliphatic rings. The average molecular weight is 364 g/mol. The van der Waals surface area contributed by atoms with Gasteiger partial charge in [0.05, 0.1) is 20.3 Å². The first-order valence-corrected chi connectivity index (χ1v) is 7.62. The molecule has 1 atom stereocenters. The van der Waals surface area contributed by atoms with Gasteiger partial charge in [0, 0.05) is 23.6 Å². The second-order valence-electron chi connectivity index (χ2n) is 4.59. The van der Waals surface area contributed by atoms with E-state index in [1.165, 1.54) is 14.2 Å². The van der Waals surface area contributed by atoms with E-state index in [1.807, 2.05) is 0 Å². The van der Waals surface area contributed by atoms with Crippen molar-refractivity contribution in [1.82, 2.24) is 5.32 Å². The molecule has 0 aromatic heterocycles. The van der Waals surface area contributed by atoms with E-state index in [1.54, 1.807) is 18.2 Å². The Morgan fingerprint density at radius 2 is 1.83 bits per heavy atom. The zero-order valence-corrected chi connectivity index (χ0v) is 14.4. The first kappa shape index (κ1) is 19.7. The maximum atomic E-state index is 11.9. The lowest BCUT2D eigenvalue weighted by Crippen LogP contribution is -2.44. The molecule has 0 heterocycles. The van der Waals surface area contributed by atoms with Gasteiger partial charge in [-0.2, -0.15) is 0 Å². The molecule has 0 saturated carbocycles. The summed E-state index contributed by atoms with van der Waals surface area (Å²) in [6.45, 7) is 0.471. The maximum absolute atomic E-state index is 11.9. The molecule has 1 rings (SSSR count). The Morgan fingerprint density at radius 3 is 2.39 bits per heavy atom. The Kier molecular flexibility index (Phi) is 8.94. The van der Waals surface area contributed by atoms with Gasteiger partial charge in [-0.15, -0.1) is 0 Å². The largest absolute Gasteiger partial charge is 0.467 e. The van der Waals surface area contributed by atoms with Crippen LogP contribution in [0.3, 0.4) is 0 Å². The Hall–Kier alpha value is -1.34. The third-order valence-electron chi connectivity index (χ3n) is 2.96. The highest BCUT2D eigenvalue weighted by molar-refractivity contribution is 6.36. The predicted molar refractivity (Wildman–Crippen MR) is 86.8 cm³/mol. The van der Waals surface area contributed by atoms with E-state index in [-0.39, 0.29) is 19.6 Å². The smallest absolute Gasteiger partial charge is 0.328 e. The van der Waals surface area contributed by atoms with Crippen molar-refractivity contribution in [3.05, 3.63) is 33.8 Å². The number of ether oxygens (including phenoxy) is 3. The molecular weight excluding hydrogens is 345 g/mol. The first-order valence-electron chi connectivity index (χ1n) is 6.86. The Labute approximate surface area is 145 Å². The van der Waals surface area contributed by atoms with E-state index >= 15 is 0 Å². The lowest BCUT2D eigenvalue weighted by atomic mass is 10.1. The molecular formula is C15H19Cl2NO5. The topological polar surface area (TPSA) is 73.9 Å². The zero-order chi connectivity index (χ0) is 17.2. The van der Waals surface area contributed by atoms with Gasteiger partial charge >= 0.3 is 5.97 Å². The first-order chi connectivity index (χ1) is 11.0. The number of esters is 1. The van der Waals surface area contributed by atoms with Crippen molar-refractivity contribution in [3.63, 3.8) is 0 Å². The molecule has 0 aliphatic heterocycles. The zero-order valence-electron chi connectivity index (χ0n) is 12.9. The van der Waals surface area contributed by atoms with Gasteiger partial charge in [0.2, 0.25) is 5.91 Å². The average Bonchev–Trinajstić information content (AvgIpc) is 2.53. The van der Waals surface area contributed by atoms with Crippen molar-refractivity contribution in [1.29, 1.82) is 0 Å². The fourth-order valence-corrected chi connectivity index (χ4v) is 2.36. The van der Waals surface area contributed by atoms with Gasteiger partial charge < -0.3 is 19.5 Å². The van der Waals surface area contributed by atoms with Crippen molar-refractivity contribution in [2.24, 2.45) is 0 Å². The molecule has 6 nitrogen and oxygen atoms in total. The molecule has 128 valence electrons. The molecule has 1 aromatic rings. The SMILES string of the molecule is COCCOCC(=O)N[C@@H](Cc1c(Cl)cccc1Cl)C(=O)OC. The van der Waals surface area contributed by atoms with Crippen molar-refractivity contribution >= 4 is 35.1 Å². The fourth-order valence-electron chi connectivity index (χ4n) is 1.81. The number of rotatable bonds is 9. The second-order valence-corrected chi connectivity index (χ2v) is 5.41. The maximum Gasteiger partial charge on any atom is 0.328 e. The van der Waals surface area contributed by atoms with Crippen LogP contribution in [0, 0.1) is 0 Å². The normalized spacial score (nSPS) is 11.8. The molecule has 23 heavy (non-hydrogen) atoms. The van der Waals surface area contributed by atoms with Crippen molar-refractivity contribution in [2.45, 2.75) is 12.5 Å². The number of hydrogen-bond donors (Lipinski definition) is 1. The summed E-state index contributed by atoms with van der Waals surface area (Å²) in [5, 5.41) is 3.38. The minimum absolute atomic E-state index is 0.120. The molecule has 1 amide bonds. The molecule has 0 spiro atoms. The van der Waals surface area contributed by atoms with E-state index in [0.717, 1.165) is 0 Å². The van der Waals surface area contributed by atoms with Crippen LogP contribution in [0.5, 0.6) is 0 Å². The van der Waals surface area contributed by atoms with Crippen LogP contribution in [-0.2, 0) is 30.2 Å². The Bertz CT molecular complexity index is 518. The summed E-state index contributed by atoms with van der Waals surface area (Å²) in [6.07, 6.45) is 0.120. The van der Waals surface area contributed by atoms with Crippen molar-refractivity contribution < 1.29 is 23.8 Å². The molecule has 0 aliphatic carbocycles. The number of methoxy groups -OCH3 is 2. The van der Waals surface area contributed by atoms with Crippen molar-refractivity contribution in [2.75, 3.05) is 34.0 Å². The number of nitrogens with one attached hydrogen (secondary N) is 1. The number of carbonyl (C=O) groups excluding carboxylic acids is 2. The molecule has 8 heteroatoms. The van der Waals surface area contributed by atoms with Gasteiger partial charge in [-0.1, -0.05) is 29.3 Å². The van der Waals surface area contributed by atoms with Crippen molar-refractivity contribution in [3.8, 4) is 0 Å². The van der Waals surface area contributed by atoms with Gasteiger partial charge in [-0.3, -0.25) is 4.79 Å². The van der Waals surface area contributed by atoms with Crippen LogP contribution < -0.4 is 5.32 Å². The third-order valence-corrected chi connectivity index (χ3v) is 3.66. The fraction of sp³-hybridized carbons (Fsp3) is 0.467. The number of benzene rings is 1. The summed E-state index contributed by atoms with van der Waals surface area (Å²) in [5.41, 5.74) is 0.562. The molecule has 0 fully saturated rings. The van der Waals surface area contributed by atoms with Gasteiger partial charge in [-0.05, 0) is 17.7 Å². The second kappa shape index (κ2) is 10.4. The molecule has 1 aromatic carbocycles. The predicted octanol–water partition coefficient (Wildman–Crippen LogP) is 1.86. The van der Waals surface area contributed by atoms with E-state index in [9.17, 15) is 9.59 Å². The van der Waals surface area contributed by atoms with Gasteiger partial charge in [0.15, 0.2) is 0 Å². The minimum Gasteiger partial charge on any atom is -0.467 e. The number of amides is 1. The molecule has 0 unspecified atom stereocenters. The quantitative estimate of drug-likeness (QED) is 0.535. The monoisotopic (exact) mass is 363 g/mol. The van der Waals surface area contributed by atoms with E-state index in [4.69, 9.17) is 37.4 Å². The van der Waals surface area contributed by atoms with E-state index in [2.05, 4.69) is 5.32 Å². The Balaban J connectivity index is 2.70. The summed E-state index contributed by atoms with van der Waals surface area (Å²) < 4.78 is 14.6. The van der Waals surface area contributed by atoms with Gasteiger partial charge in [0.1, 0.15) is 12.6 Å². The highest BCUT2D eigenvalue weighted by Gasteiger charge is 2.24. The highest BCUT2D eigenvalue weighted by atomic mass is 35.5. The van der Waals surface area contributed by atoms with Crippen LogP contribution in [0.2, 0.25) is 10.0 Å². The third kappa shape index (κ3) is 6.74. The van der Waals surface area contributed by atoms with Crippen LogP contribution in [-0.4, -0.2) is 52.0 Å². The minimum atomic E-state index is -0.907. The molecule has 0 saturated heterocycles. The summed E-state index contributed by atoms with van der Waals surface area (Å²) in [7, 11) is 2.77. The van der Waals surface area contributed by atoms with Crippen LogP contribution in [0.1, 0.15) is 5.56 Å². The van der Waals surface area contributed by atoms with E-state index in [0.29, 0.717) is 22.2 Å². The van der Waals surface area contributed by atoms with Crippen LogP contribution in [0.25, 0.3) is 0 Å². The number of halogens is 2. The number of hydrogen-bond acceptors (Lipinski definition) is 5. The summed E-state index contributed by atoms with van der Waals surface area (Å²) in [6, 6.07) is 4.11. The lowest BCUT2D eigenvalue weighted by Gasteiger charge is -2.18. The summed E-state index contributed by atoms with van der Waals surface area (Å²) in [5.74, 6) is -1.04. The van der Waals surface area contributed by atoms with Crippen LogP contribution >= 0.6 is 23.2 Å². The molecule has 0 radical (unpaired) electrons. The highest BCUT2D eigenvalue weighted by Crippen LogP contribution is 2.25.